The van der Waals surface area contributed by atoms with E-state index in [4.69, 9.17) is 5.11 Å². The van der Waals surface area contributed by atoms with Gasteiger partial charge in [0, 0.05) is 43.8 Å². The average molecular weight is 497 g/mol. The second-order valence-corrected chi connectivity index (χ2v) is 8.51. The van der Waals surface area contributed by atoms with Crippen molar-refractivity contribution >= 4 is 34.5 Å². The van der Waals surface area contributed by atoms with E-state index in [1.165, 1.54) is 12.5 Å². The topological polar surface area (TPSA) is 109 Å². The molecule has 0 unspecified atom stereocenters. The molecule has 1 aliphatic rings. The standard InChI is InChI=1S/C24H22F3N7O2/c1-2-13-9-28-24(29-10-13)33-5-3-14(4-6-33)34-11-18(27)20-21(30-12-31-22(20)34)32-19-8-16(25)15(23(35)36)7-17(19)26/h7-12,14H,2-6H2,1H3,(H,35,36)(H,30,31,32). The minimum Gasteiger partial charge on any atom is -0.478 e. The summed E-state index contributed by atoms with van der Waals surface area (Å²) in [7, 11) is 0. The van der Waals surface area contributed by atoms with Gasteiger partial charge in [-0.05, 0) is 30.9 Å². The molecule has 3 aromatic heterocycles. The Morgan fingerprint density at radius 1 is 1.06 bits per heavy atom. The van der Waals surface area contributed by atoms with E-state index in [2.05, 4.69) is 30.2 Å². The molecule has 0 atom stereocenters. The summed E-state index contributed by atoms with van der Waals surface area (Å²) in [4.78, 5) is 30.2. The highest BCUT2D eigenvalue weighted by molar-refractivity contribution is 5.91. The maximum atomic E-state index is 15.1. The fraction of sp³-hybridized carbons (Fsp3) is 0.292. The lowest BCUT2D eigenvalue weighted by molar-refractivity contribution is 0.0691. The number of nitrogens with one attached hydrogen (secondary N) is 1. The van der Waals surface area contributed by atoms with E-state index < -0.39 is 29.0 Å². The number of fused-ring (bicyclic) bond motifs is 1. The summed E-state index contributed by atoms with van der Waals surface area (Å²) in [5, 5.41) is 11.6. The van der Waals surface area contributed by atoms with E-state index in [-0.39, 0.29) is 22.9 Å². The molecule has 0 amide bonds. The number of halogens is 3. The van der Waals surface area contributed by atoms with Crippen molar-refractivity contribution in [3.05, 3.63) is 65.6 Å². The maximum Gasteiger partial charge on any atom is 0.338 e. The predicted molar refractivity (Wildman–Crippen MR) is 126 cm³/mol. The molecule has 36 heavy (non-hydrogen) atoms. The number of aromatic carboxylic acids is 1. The zero-order chi connectivity index (χ0) is 25.4. The second kappa shape index (κ2) is 9.44. The van der Waals surface area contributed by atoms with Crippen LogP contribution in [-0.4, -0.2) is 48.7 Å². The Morgan fingerprint density at radius 3 is 2.44 bits per heavy atom. The van der Waals surface area contributed by atoms with Gasteiger partial charge in [0.1, 0.15) is 29.4 Å². The van der Waals surface area contributed by atoms with Crippen LogP contribution in [0.25, 0.3) is 11.0 Å². The Hall–Kier alpha value is -4.22. The molecule has 12 heteroatoms. The molecule has 9 nitrogen and oxygen atoms in total. The quantitative estimate of drug-likeness (QED) is 0.401. The third-order valence-electron chi connectivity index (χ3n) is 6.34. The van der Waals surface area contributed by atoms with Crippen molar-refractivity contribution in [1.29, 1.82) is 0 Å². The van der Waals surface area contributed by atoms with Gasteiger partial charge in [-0.3, -0.25) is 0 Å². The first-order valence-electron chi connectivity index (χ1n) is 11.4. The molecular formula is C24H22F3N7O2. The van der Waals surface area contributed by atoms with Crippen molar-refractivity contribution in [1.82, 2.24) is 24.5 Å². The Morgan fingerprint density at radius 2 is 1.78 bits per heavy atom. The lowest BCUT2D eigenvalue weighted by Gasteiger charge is -2.32. The summed E-state index contributed by atoms with van der Waals surface area (Å²) < 4.78 is 45.4. The van der Waals surface area contributed by atoms with Crippen molar-refractivity contribution in [2.45, 2.75) is 32.2 Å². The molecule has 4 aromatic rings. The Labute approximate surface area is 203 Å². The number of carbonyl (C=O) groups is 1. The molecule has 0 radical (unpaired) electrons. The van der Waals surface area contributed by atoms with Crippen LogP contribution < -0.4 is 10.2 Å². The summed E-state index contributed by atoms with van der Waals surface area (Å²) in [5.41, 5.74) is 0.204. The van der Waals surface area contributed by atoms with Crippen LogP contribution in [0.3, 0.4) is 0 Å². The Kier molecular flexibility index (Phi) is 6.17. The number of anilines is 3. The first-order valence-corrected chi connectivity index (χ1v) is 11.4. The second-order valence-electron chi connectivity index (χ2n) is 8.51. The maximum absolute atomic E-state index is 15.1. The number of hydrogen-bond donors (Lipinski definition) is 2. The van der Waals surface area contributed by atoms with Crippen LogP contribution >= 0.6 is 0 Å². The van der Waals surface area contributed by atoms with E-state index in [9.17, 15) is 13.6 Å². The molecule has 186 valence electrons. The van der Waals surface area contributed by atoms with Crippen molar-refractivity contribution in [2.75, 3.05) is 23.3 Å². The van der Waals surface area contributed by atoms with Crippen LogP contribution in [0.5, 0.6) is 0 Å². The molecule has 1 saturated heterocycles. The summed E-state index contributed by atoms with van der Waals surface area (Å²) in [6.45, 7) is 3.39. The zero-order valence-corrected chi connectivity index (χ0v) is 19.2. The summed E-state index contributed by atoms with van der Waals surface area (Å²) in [6.07, 6.45) is 8.44. The number of hydrogen-bond acceptors (Lipinski definition) is 7. The van der Waals surface area contributed by atoms with Crippen LogP contribution in [0.4, 0.5) is 30.6 Å². The van der Waals surface area contributed by atoms with Gasteiger partial charge in [-0.15, -0.1) is 0 Å². The molecule has 1 fully saturated rings. The smallest absolute Gasteiger partial charge is 0.338 e. The van der Waals surface area contributed by atoms with E-state index in [1.54, 1.807) is 4.57 Å². The number of aryl methyl sites for hydroxylation is 1. The summed E-state index contributed by atoms with van der Waals surface area (Å²) >= 11 is 0. The Balaban J connectivity index is 1.39. The first-order chi connectivity index (χ1) is 17.4. The van der Waals surface area contributed by atoms with Gasteiger partial charge in [0.15, 0.2) is 5.82 Å². The van der Waals surface area contributed by atoms with Gasteiger partial charge in [-0.1, -0.05) is 6.92 Å². The zero-order valence-electron chi connectivity index (χ0n) is 19.2. The highest BCUT2D eigenvalue weighted by Gasteiger charge is 2.26. The van der Waals surface area contributed by atoms with Gasteiger partial charge < -0.3 is 19.9 Å². The molecule has 0 aliphatic carbocycles. The number of rotatable bonds is 6. The Bertz CT molecular complexity index is 1430. The number of nitrogens with zero attached hydrogens (tertiary/aromatic N) is 6. The lowest BCUT2D eigenvalue weighted by atomic mass is 10.1. The molecule has 0 saturated carbocycles. The van der Waals surface area contributed by atoms with Gasteiger partial charge in [0.25, 0.3) is 0 Å². The van der Waals surface area contributed by atoms with E-state index in [0.717, 1.165) is 12.0 Å². The molecular weight excluding hydrogens is 475 g/mol. The van der Waals surface area contributed by atoms with Crippen LogP contribution in [-0.2, 0) is 6.42 Å². The van der Waals surface area contributed by atoms with Gasteiger partial charge in [-0.25, -0.2) is 37.9 Å². The van der Waals surface area contributed by atoms with Crippen molar-refractivity contribution in [3.63, 3.8) is 0 Å². The van der Waals surface area contributed by atoms with Gasteiger partial charge in [-0.2, -0.15) is 0 Å². The van der Waals surface area contributed by atoms with Gasteiger partial charge >= 0.3 is 5.97 Å². The van der Waals surface area contributed by atoms with Crippen LogP contribution in [0, 0.1) is 17.5 Å². The summed E-state index contributed by atoms with van der Waals surface area (Å²) in [6, 6.07) is 1.22. The number of benzene rings is 1. The van der Waals surface area contributed by atoms with Gasteiger partial charge in [0.2, 0.25) is 5.95 Å². The predicted octanol–water partition coefficient (Wildman–Crippen LogP) is 4.48. The van der Waals surface area contributed by atoms with Crippen LogP contribution in [0.1, 0.15) is 41.7 Å². The van der Waals surface area contributed by atoms with E-state index >= 15 is 4.39 Å². The minimum absolute atomic E-state index is 0.0283. The van der Waals surface area contributed by atoms with E-state index in [0.29, 0.717) is 49.7 Å². The van der Waals surface area contributed by atoms with Crippen LogP contribution in [0.2, 0.25) is 0 Å². The number of carboxylic acid groups (broad SMARTS) is 1. The fourth-order valence-corrected chi connectivity index (χ4v) is 4.38. The third kappa shape index (κ3) is 4.30. The molecule has 4 heterocycles. The average Bonchev–Trinajstić information content (AvgIpc) is 3.23. The third-order valence-corrected chi connectivity index (χ3v) is 6.34. The number of aromatic nitrogens is 5. The monoisotopic (exact) mass is 497 g/mol. The van der Waals surface area contributed by atoms with Crippen LogP contribution in [0.15, 0.2) is 37.1 Å². The molecule has 0 spiro atoms. The first kappa shape index (κ1) is 23.5. The molecule has 1 aromatic carbocycles. The SMILES string of the molecule is CCc1cnc(N2CCC(n3cc(F)c4c(Nc5cc(F)c(C(=O)O)cc5F)ncnc43)CC2)nc1. The van der Waals surface area contributed by atoms with Crippen molar-refractivity contribution < 1.29 is 23.1 Å². The van der Waals surface area contributed by atoms with Gasteiger partial charge in [0.05, 0.1) is 16.6 Å². The highest BCUT2D eigenvalue weighted by Crippen LogP contribution is 2.33. The van der Waals surface area contributed by atoms with E-state index in [1.807, 2.05) is 19.3 Å². The fourth-order valence-electron chi connectivity index (χ4n) is 4.38. The minimum atomic E-state index is -1.60. The lowest BCUT2D eigenvalue weighted by Crippen LogP contribution is -2.35. The molecule has 5 rings (SSSR count). The highest BCUT2D eigenvalue weighted by atomic mass is 19.1. The largest absolute Gasteiger partial charge is 0.478 e. The summed E-state index contributed by atoms with van der Waals surface area (Å²) in [5.74, 6) is -3.75. The van der Waals surface area contributed by atoms with Crippen molar-refractivity contribution in [2.24, 2.45) is 0 Å². The number of carboxylic acids is 1. The normalized spacial score (nSPS) is 14.4. The molecule has 2 N–H and O–H groups in total. The molecule has 0 bridgehead atoms. The number of piperidine rings is 1. The van der Waals surface area contributed by atoms with Crippen molar-refractivity contribution in [3.8, 4) is 0 Å². The molecule has 1 aliphatic heterocycles.